The van der Waals surface area contributed by atoms with Crippen molar-refractivity contribution in [2.75, 3.05) is 7.11 Å². The number of benzene rings is 1. The highest BCUT2D eigenvalue weighted by atomic mass is 16.5. The average Bonchev–Trinajstić information content (AvgIpc) is 2.37. The van der Waals surface area contributed by atoms with E-state index in [1.165, 1.54) is 5.56 Å². The van der Waals surface area contributed by atoms with Gasteiger partial charge in [-0.05, 0) is 43.7 Å². The molecular formula is C17H29NO2. The van der Waals surface area contributed by atoms with Crippen LogP contribution in [0.3, 0.4) is 0 Å². The van der Waals surface area contributed by atoms with E-state index >= 15 is 0 Å². The molecule has 0 aliphatic heterocycles. The van der Waals surface area contributed by atoms with Crippen molar-refractivity contribution in [2.45, 2.75) is 65.0 Å². The molecule has 0 heterocycles. The number of aryl methyl sites for hydroxylation is 2. The van der Waals surface area contributed by atoms with Crippen LogP contribution in [0.25, 0.3) is 0 Å². The Morgan fingerprint density at radius 3 is 2.50 bits per heavy atom. The molecule has 3 nitrogen and oxygen atoms in total. The number of methoxy groups -OCH3 is 1. The maximum absolute atomic E-state index is 10.2. The maximum atomic E-state index is 10.2. The lowest BCUT2D eigenvalue weighted by atomic mass is 9.89. The molecule has 0 amide bonds. The summed E-state index contributed by atoms with van der Waals surface area (Å²) in [7, 11) is 1.70. The Bertz CT molecular complexity index is 431. The topological polar surface area (TPSA) is 55.5 Å². The van der Waals surface area contributed by atoms with Crippen LogP contribution in [0.5, 0.6) is 5.75 Å². The predicted molar refractivity (Wildman–Crippen MR) is 84.4 cm³/mol. The molecule has 3 heteroatoms. The zero-order chi connectivity index (χ0) is 15.3. The highest BCUT2D eigenvalue weighted by Crippen LogP contribution is 2.33. The van der Waals surface area contributed by atoms with E-state index < -0.39 is 6.10 Å². The Morgan fingerprint density at radius 2 is 1.95 bits per heavy atom. The zero-order valence-electron chi connectivity index (χ0n) is 13.4. The largest absolute Gasteiger partial charge is 0.496 e. The van der Waals surface area contributed by atoms with Gasteiger partial charge in [-0.1, -0.05) is 38.0 Å². The number of hydrogen-bond donors (Lipinski definition) is 2. The Morgan fingerprint density at radius 1 is 1.30 bits per heavy atom. The van der Waals surface area contributed by atoms with Gasteiger partial charge in [-0.2, -0.15) is 0 Å². The summed E-state index contributed by atoms with van der Waals surface area (Å²) in [6.07, 6.45) is 2.06. The van der Waals surface area contributed by atoms with Crippen LogP contribution < -0.4 is 10.5 Å². The average molecular weight is 279 g/mol. The van der Waals surface area contributed by atoms with Crippen LogP contribution in [0, 0.1) is 13.8 Å². The van der Waals surface area contributed by atoms with E-state index in [1.807, 2.05) is 0 Å². The third kappa shape index (κ3) is 4.22. The summed E-state index contributed by atoms with van der Waals surface area (Å²) in [6.45, 7) is 8.35. The molecule has 0 aromatic heterocycles. The van der Waals surface area contributed by atoms with Crippen LogP contribution >= 0.6 is 0 Å². The van der Waals surface area contributed by atoms with E-state index in [1.54, 1.807) is 7.11 Å². The molecule has 20 heavy (non-hydrogen) atoms. The number of nitrogens with two attached hydrogens (primary N) is 1. The van der Waals surface area contributed by atoms with Gasteiger partial charge in [-0.3, -0.25) is 0 Å². The van der Waals surface area contributed by atoms with E-state index in [4.69, 9.17) is 10.5 Å². The van der Waals surface area contributed by atoms with Gasteiger partial charge in [-0.15, -0.1) is 0 Å². The van der Waals surface area contributed by atoms with Gasteiger partial charge in [0.2, 0.25) is 0 Å². The highest BCUT2D eigenvalue weighted by molar-refractivity contribution is 5.45. The van der Waals surface area contributed by atoms with Crippen molar-refractivity contribution < 1.29 is 9.84 Å². The van der Waals surface area contributed by atoms with Gasteiger partial charge < -0.3 is 15.6 Å². The van der Waals surface area contributed by atoms with Crippen molar-refractivity contribution in [1.29, 1.82) is 0 Å². The number of hydrogen-bond acceptors (Lipinski definition) is 3. The van der Waals surface area contributed by atoms with Crippen molar-refractivity contribution >= 4 is 0 Å². The second-order valence-electron chi connectivity index (χ2n) is 5.86. The molecular weight excluding hydrogens is 250 g/mol. The van der Waals surface area contributed by atoms with E-state index in [9.17, 15) is 5.11 Å². The summed E-state index contributed by atoms with van der Waals surface area (Å²) < 4.78 is 5.53. The molecule has 3 N–H and O–H groups in total. The van der Waals surface area contributed by atoms with Gasteiger partial charge >= 0.3 is 0 Å². The van der Waals surface area contributed by atoms with E-state index in [2.05, 4.69) is 39.8 Å². The molecule has 1 rings (SSSR count). The van der Waals surface area contributed by atoms with Crippen LogP contribution in [0.15, 0.2) is 12.1 Å². The van der Waals surface area contributed by atoms with Crippen molar-refractivity contribution in [1.82, 2.24) is 0 Å². The molecule has 1 aromatic rings. The van der Waals surface area contributed by atoms with E-state index in [-0.39, 0.29) is 12.0 Å². The first-order chi connectivity index (χ1) is 9.40. The zero-order valence-corrected chi connectivity index (χ0v) is 13.4. The first-order valence-electron chi connectivity index (χ1n) is 7.49. The number of rotatable bonds is 7. The van der Waals surface area contributed by atoms with Gasteiger partial charge in [0.05, 0.1) is 13.2 Å². The summed E-state index contributed by atoms with van der Waals surface area (Å²) in [5.74, 6) is 1.15. The van der Waals surface area contributed by atoms with Crippen molar-refractivity contribution in [2.24, 2.45) is 5.73 Å². The van der Waals surface area contributed by atoms with Gasteiger partial charge in [0.15, 0.2) is 0 Å². The van der Waals surface area contributed by atoms with Crippen LogP contribution in [0.2, 0.25) is 0 Å². The quantitative estimate of drug-likeness (QED) is 0.805. The smallest absolute Gasteiger partial charge is 0.125 e. The standard InChI is InChI=1S/C17H29NO2/c1-6-7-15(18)16(19)10-12(3)14-9-11(2)8-13(4)17(14)20-5/h8-9,12,15-16,19H,6-7,10,18H2,1-5H3. The van der Waals surface area contributed by atoms with Crippen LogP contribution in [-0.2, 0) is 0 Å². The lowest BCUT2D eigenvalue weighted by Crippen LogP contribution is -2.35. The number of ether oxygens (including phenoxy) is 1. The van der Waals surface area contributed by atoms with E-state index in [0.717, 1.165) is 29.7 Å². The summed E-state index contributed by atoms with van der Waals surface area (Å²) in [6, 6.07) is 4.13. The molecule has 0 bridgehead atoms. The minimum atomic E-state index is -0.463. The van der Waals surface area contributed by atoms with Crippen LogP contribution in [0.4, 0.5) is 0 Å². The molecule has 0 radical (unpaired) electrons. The summed E-state index contributed by atoms with van der Waals surface area (Å²) in [5.41, 5.74) is 9.52. The summed E-state index contributed by atoms with van der Waals surface area (Å²) in [4.78, 5) is 0. The normalized spacial score (nSPS) is 15.8. The second-order valence-corrected chi connectivity index (χ2v) is 5.86. The molecule has 3 unspecified atom stereocenters. The van der Waals surface area contributed by atoms with Crippen molar-refractivity contribution in [3.05, 3.63) is 28.8 Å². The Labute approximate surface area is 123 Å². The number of aliphatic hydroxyl groups excluding tert-OH is 1. The SMILES string of the molecule is CCCC(N)C(O)CC(C)c1cc(C)cc(C)c1OC. The summed E-state index contributed by atoms with van der Waals surface area (Å²) >= 11 is 0. The van der Waals surface area contributed by atoms with Crippen LogP contribution in [-0.4, -0.2) is 24.4 Å². The third-order valence-electron chi connectivity index (χ3n) is 3.89. The first kappa shape index (κ1) is 17.0. The third-order valence-corrected chi connectivity index (χ3v) is 3.89. The molecule has 0 spiro atoms. The maximum Gasteiger partial charge on any atom is 0.125 e. The molecule has 1 aromatic carbocycles. The highest BCUT2D eigenvalue weighted by Gasteiger charge is 2.21. The van der Waals surface area contributed by atoms with Crippen LogP contribution in [0.1, 0.15) is 55.7 Å². The van der Waals surface area contributed by atoms with Gasteiger partial charge in [0.1, 0.15) is 5.75 Å². The fourth-order valence-corrected chi connectivity index (χ4v) is 2.82. The molecule has 0 fully saturated rings. The minimum Gasteiger partial charge on any atom is -0.496 e. The fourth-order valence-electron chi connectivity index (χ4n) is 2.82. The fraction of sp³-hybridized carbons (Fsp3) is 0.647. The molecule has 3 atom stereocenters. The Kier molecular flexibility index (Phi) is 6.50. The van der Waals surface area contributed by atoms with Crippen molar-refractivity contribution in [3.63, 3.8) is 0 Å². The monoisotopic (exact) mass is 279 g/mol. The Hall–Kier alpha value is -1.06. The predicted octanol–water partition coefficient (Wildman–Crippen LogP) is 3.29. The first-order valence-corrected chi connectivity index (χ1v) is 7.49. The van der Waals surface area contributed by atoms with Crippen molar-refractivity contribution in [3.8, 4) is 5.75 Å². The molecule has 0 aliphatic carbocycles. The lowest BCUT2D eigenvalue weighted by molar-refractivity contribution is 0.124. The van der Waals surface area contributed by atoms with Gasteiger partial charge in [0, 0.05) is 6.04 Å². The van der Waals surface area contributed by atoms with E-state index in [0.29, 0.717) is 6.42 Å². The lowest BCUT2D eigenvalue weighted by Gasteiger charge is -2.24. The molecule has 0 saturated carbocycles. The molecule has 0 aliphatic rings. The Balaban J connectivity index is 2.89. The molecule has 114 valence electrons. The summed E-state index contributed by atoms with van der Waals surface area (Å²) in [5, 5.41) is 10.2. The van der Waals surface area contributed by atoms with Gasteiger partial charge in [0.25, 0.3) is 0 Å². The van der Waals surface area contributed by atoms with Gasteiger partial charge in [-0.25, -0.2) is 0 Å². The second kappa shape index (κ2) is 7.65. The number of aliphatic hydroxyl groups is 1. The minimum absolute atomic E-state index is 0.139. The molecule has 0 saturated heterocycles.